The van der Waals surface area contributed by atoms with E-state index < -0.39 is 0 Å². The van der Waals surface area contributed by atoms with Gasteiger partial charge in [-0.25, -0.2) is 4.98 Å². The third-order valence-corrected chi connectivity index (χ3v) is 4.51. The summed E-state index contributed by atoms with van der Waals surface area (Å²) in [6.07, 6.45) is 5.72. The summed E-state index contributed by atoms with van der Waals surface area (Å²) in [6.45, 7) is 2.19. The molecule has 3 rings (SSSR count). The second-order valence-corrected chi connectivity index (χ2v) is 6.06. The minimum absolute atomic E-state index is 0.0541. The van der Waals surface area contributed by atoms with Crippen molar-refractivity contribution in [3.8, 4) is 0 Å². The zero-order chi connectivity index (χ0) is 14.0. The van der Waals surface area contributed by atoms with Crippen LogP contribution in [0.4, 0.5) is 0 Å². The van der Waals surface area contributed by atoms with Crippen LogP contribution in [0.3, 0.4) is 0 Å². The molecule has 0 radical (unpaired) electrons. The van der Waals surface area contributed by atoms with E-state index in [1.54, 1.807) is 0 Å². The maximum Gasteiger partial charge on any atom is 0.130 e. The summed E-state index contributed by atoms with van der Waals surface area (Å²) < 4.78 is 0.712. The third-order valence-electron chi connectivity index (χ3n) is 4.30. The SMILES string of the molecule is CCCc1cc(=S)nc(C2(c3ccccc3)CCC2)[nH]1. The summed E-state index contributed by atoms with van der Waals surface area (Å²) in [5, 5.41) is 0. The molecule has 104 valence electrons. The molecule has 1 aromatic heterocycles. The maximum atomic E-state index is 5.36. The molecule has 0 spiro atoms. The summed E-state index contributed by atoms with van der Waals surface area (Å²) >= 11 is 5.36. The van der Waals surface area contributed by atoms with E-state index in [4.69, 9.17) is 12.2 Å². The van der Waals surface area contributed by atoms with Gasteiger partial charge in [0.05, 0.1) is 5.41 Å². The molecule has 1 N–H and O–H groups in total. The zero-order valence-electron chi connectivity index (χ0n) is 11.9. The Bertz CT molecular complexity index is 642. The van der Waals surface area contributed by atoms with Crippen LogP contribution in [0, 0.1) is 4.64 Å². The van der Waals surface area contributed by atoms with Gasteiger partial charge in [-0.15, -0.1) is 0 Å². The van der Waals surface area contributed by atoms with Crippen LogP contribution in [-0.2, 0) is 11.8 Å². The first-order chi connectivity index (χ1) is 9.74. The number of hydrogen-bond acceptors (Lipinski definition) is 2. The smallest absolute Gasteiger partial charge is 0.130 e. The lowest BCUT2D eigenvalue weighted by molar-refractivity contribution is 0.284. The highest BCUT2D eigenvalue weighted by Crippen LogP contribution is 2.47. The Morgan fingerprint density at radius 2 is 2.00 bits per heavy atom. The molecule has 1 saturated carbocycles. The lowest BCUT2D eigenvalue weighted by Crippen LogP contribution is -2.37. The normalized spacial score (nSPS) is 16.6. The molecule has 2 aromatic rings. The van der Waals surface area contributed by atoms with Crippen molar-refractivity contribution in [2.45, 2.75) is 44.4 Å². The number of aromatic nitrogens is 2. The molecule has 0 aliphatic heterocycles. The van der Waals surface area contributed by atoms with Gasteiger partial charge in [0.25, 0.3) is 0 Å². The average Bonchev–Trinajstić information content (AvgIpc) is 2.38. The van der Waals surface area contributed by atoms with Gasteiger partial charge in [0, 0.05) is 5.69 Å². The van der Waals surface area contributed by atoms with Crippen molar-refractivity contribution in [3.63, 3.8) is 0 Å². The van der Waals surface area contributed by atoms with E-state index in [9.17, 15) is 0 Å². The Kier molecular flexibility index (Phi) is 3.70. The van der Waals surface area contributed by atoms with Gasteiger partial charge in [-0.05, 0) is 30.9 Å². The Labute approximate surface area is 125 Å². The quantitative estimate of drug-likeness (QED) is 0.834. The van der Waals surface area contributed by atoms with Crippen LogP contribution in [0.5, 0.6) is 0 Å². The highest BCUT2D eigenvalue weighted by Gasteiger charge is 2.42. The first kappa shape index (κ1) is 13.5. The fourth-order valence-electron chi connectivity index (χ4n) is 3.09. The van der Waals surface area contributed by atoms with Crippen LogP contribution >= 0.6 is 12.2 Å². The lowest BCUT2D eigenvalue weighted by atomic mass is 9.64. The molecule has 0 unspecified atom stereocenters. The minimum atomic E-state index is 0.0541. The predicted octanol–water partition coefficient (Wildman–Crippen LogP) is 4.56. The van der Waals surface area contributed by atoms with Crippen molar-refractivity contribution >= 4 is 12.2 Å². The lowest BCUT2D eigenvalue weighted by Gasteiger charge is -2.41. The van der Waals surface area contributed by atoms with Crippen molar-refractivity contribution in [1.82, 2.24) is 9.97 Å². The highest BCUT2D eigenvalue weighted by molar-refractivity contribution is 7.71. The monoisotopic (exact) mass is 284 g/mol. The van der Waals surface area contributed by atoms with Gasteiger partial charge >= 0.3 is 0 Å². The van der Waals surface area contributed by atoms with Crippen molar-refractivity contribution in [2.24, 2.45) is 0 Å². The van der Waals surface area contributed by atoms with Crippen LogP contribution in [0.1, 0.15) is 49.7 Å². The van der Waals surface area contributed by atoms with Gasteiger partial charge < -0.3 is 4.98 Å². The number of aryl methyl sites for hydroxylation is 1. The Hall–Kier alpha value is -1.48. The molecule has 20 heavy (non-hydrogen) atoms. The number of aromatic amines is 1. The van der Waals surface area contributed by atoms with E-state index in [2.05, 4.69) is 47.2 Å². The molecule has 1 heterocycles. The average molecular weight is 284 g/mol. The molecule has 0 bridgehead atoms. The summed E-state index contributed by atoms with van der Waals surface area (Å²) in [4.78, 5) is 8.20. The van der Waals surface area contributed by atoms with Gasteiger partial charge in [0.1, 0.15) is 10.5 Å². The molecule has 1 aliphatic carbocycles. The topological polar surface area (TPSA) is 28.7 Å². The molecular weight excluding hydrogens is 264 g/mol. The van der Waals surface area contributed by atoms with Gasteiger partial charge in [-0.1, -0.05) is 62.3 Å². The van der Waals surface area contributed by atoms with Crippen LogP contribution in [-0.4, -0.2) is 9.97 Å². The molecule has 2 nitrogen and oxygen atoms in total. The number of nitrogens with one attached hydrogen (secondary N) is 1. The van der Waals surface area contributed by atoms with Crippen LogP contribution in [0.25, 0.3) is 0 Å². The standard InChI is InChI=1S/C17H20N2S/c1-2-7-14-12-15(20)19-16(18-14)17(10-6-11-17)13-8-4-3-5-9-13/h3-5,8-9,12H,2,6-7,10-11H2,1H3,(H,18,19,20). The van der Waals surface area contributed by atoms with E-state index in [-0.39, 0.29) is 5.41 Å². The zero-order valence-corrected chi connectivity index (χ0v) is 12.7. The first-order valence-electron chi connectivity index (χ1n) is 7.41. The Balaban J connectivity index is 2.08. The van der Waals surface area contributed by atoms with Crippen LogP contribution < -0.4 is 0 Å². The molecule has 0 atom stereocenters. The Morgan fingerprint density at radius 1 is 1.25 bits per heavy atom. The van der Waals surface area contributed by atoms with E-state index >= 15 is 0 Å². The molecule has 0 saturated heterocycles. The maximum absolute atomic E-state index is 5.36. The van der Waals surface area contributed by atoms with Gasteiger partial charge in [0.15, 0.2) is 0 Å². The second-order valence-electron chi connectivity index (χ2n) is 5.64. The third kappa shape index (κ3) is 2.31. The van der Waals surface area contributed by atoms with Crippen molar-refractivity contribution in [2.75, 3.05) is 0 Å². The fraction of sp³-hybridized carbons (Fsp3) is 0.412. The molecule has 3 heteroatoms. The first-order valence-corrected chi connectivity index (χ1v) is 7.82. The summed E-state index contributed by atoms with van der Waals surface area (Å²) in [7, 11) is 0. The number of H-pyrrole nitrogens is 1. The molecular formula is C17H20N2S. The number of rotatable bonds is 4. The second kappa shape index (κ2) is 5.49. The van der Waals surface area contributed by atoms with E-state index in [0.717, 1.165) is 31.5 Å². The molecule has 1 fully saturated rings. The number of nitrogens with zero attached hydrogens (tertiary/aromatic N) is 1. The van der Waals surface area contributed by atoms with Crippen molar-refractivity contribution < 1.29 is 0 Å². The number of hydrogen-bond donors (Lipinski definition) is 1. The van der Waals surface area contributed by atoms with Gasteiger partial charge in [-0.2, -0.15) is 0 Å². The van der Waals surface area contributed by atoms with E-state index in [1.807, 2.05) is 6.07 Å². The van der Waals surface area contributed by atoms with Crippen LogP contribution in [0.15, 0.2) is 36.4 Å². The van der Waals surface area contributed by atoms with E-state index in [1.165, 1.54) is 17.7 Å². The van der Waals surface area contributed by atoms with Gasteiger partial charge in [-0.3, -0.25) is 0 Å². The highest BCUT2D eigenvalue weighted by atomic mass is 32.1. The van der Waals surface area contributed by atoms with Crippen molar-refractivity contribution in [3.05, 3.63) is 58.1 Å². The molecule has 1 aliphatic rings. The van der Waals surface area contributed by atoms with E-state index in [0.29, 0.717) is 4.64 Å². The predicted molar refractivity (Wildman–Crippen MR) is 84.5 cm³/mol. The minimum Gasteiger partial charge on any atom is -0.346 e. The number of benzene rings is 1. The summed E-state index contributed by atoms with van der Waals surface area (Å²) in [5.74, 6) is 1.06. The van der Waals surface area contributed by atoms with Gasteiger partial charge in [0.2, 0.25) is 0 Å². The van der Waals surface area contributed by atoms with Crippen molar-refractivity contribution in [1.29, 1.82) is 0 Å². The summed E-state index contributed by atoms with van der Waals surface area (Å²) in [6, 6.07) is 12.7. The Morgan fingerprint density at radius 3 is 2.60 bits per heavy atom. The molecule has 0 amide bonds. The fourth-order valence-corrected chi connectivity index (χ4v) is 3.32. The summed E-state index contributed by atoms with van der Waals surface area (Å²) in [5.41, 5.74) is 2.63. The largest absolute Gasteiger partial charge is 0.346 e. The van der Waals surface area contributed by atoms with Crippen LogP contribution in [0.2, 0.25) is 0 Å². The molecule has 1 aromatic carbocycles.